The smallest absolute Gasteiger partial charge is 0.233 e. The fourth-order valence-electron chi connectivity index (χ4n) is 1.96. The predicted molar refractivity (Wildman–Crippen MR) is 87.6 cm³/mol. The van der Waals surface area contributed by atoms with Gasteiger partial charge in [-0.05, 0) is 29.8 Å². The van der Waals surface area contributed by atoms with Crippen LogP contribution in [0.1, 0.15) is 12.0 Å². The third-order valence-corrected chi connectivity index (χ3v) is 3.38. The molecule has 114 valence electrons. The van der Waals surface area contributed by atoms with Crippen LogP contribution in [0.2, 0.25) is 5.02 Å². The highest BCUT2D eigenvalue weighted by Gasteiger charge is 2.14. The molecule has 0 saturated carbocycles. The molecule has 2 amide bonds. The average molecular weight is 317 g/mol. The van der Waals surface area contributed by atoms with Crippen LogP contribution < -0.4 is 5.32 Å². The summed E-state index contributed by atoms with van der Waals surface area (Å²) in [5, 5.41) is 3.27. The summed E-state index contributed by atoms with van der Waals surface area (Å²) in [6, 6.07) is 16.4. The molecule has 0 fully saturated rings. The van der Waals surface area contributed by atoms with Crippen LogP contribution in [-0.2, 0) is 16.1 Å². The van der Waals surface area contributed by atoms with Crippen molar-refractivity contribution in [2.24, 2.45) is 0 Å². The van der Waals surface area contributed by atoms with E-state index in [0.717, 1.165) is 5.56 Å². The topological polar surface area (TPSA) is 49.4 Å². The van der Waals surface area contributed by atoms with E-state index in [1.807, 2.05) is 30.3 Å². The lowest BCUT2D eigenvalue weighted by molar-refractivity contribution is -0.133. The highest BCUT2D eigenvalue weighted by molar-refractivity contribution is 6.30. The summed E-state index contributed by atoms with van der Waals surface area (Å²) in [5.41, 5.74) is 1.64. The third-order valence-electron chi connectivity index (χ3n) is 3.13. The van der Waals surface area contributed by atoms with Crippen LogP contribution >= 0.6 is 11.6 Å². The first-order valence-electron chi connectivity index (χ1n) is 6.88. The van der Waals surface area contributed by atoms with Gasteiger partial charge in [0, 0.05) is 24.3 Å². The molecule has 0 saturated heterocycles. The molecule has 0 heterocycles. The number of hydrogen-bond acceptors (Lipinski definition) is 2. The maximum atomic E-state index is 12.0. The van der Waals surface area contributed by atoms with Crippen LogP contribution in [0.5, 0.6) is 0 Å². The van der Waals surface area contributed by atoms with Crippen LogP contribution in [0.25, 0.3) is 0 Å². The maximum Gasteiger partial charge on any atom is 0.233 e. The number of nitrogens with one attached hydrogen (secondary N) is 1. The molecule has 0 atom stereocenters. The first-order chi connectivity index (χ1) is 10.5. The third kappa shape index (κ3) is 4.90. The molecular formula is C17H17ClN2O2. The summed E-state index contributed by atoms with van der Waals surface area (Å²) in [6.45, 7) is 0.480. The molecule has 22 heavy (non-hydrogen) atoms. The van der Waals surface area contributed by atoms with Crippen molar-refractivity contribution < 1.29 is 9.59 Å². The number of rotatable bonds is 5. The number of hydrogen-bond donors (Lipinski definition) is 1. The minimum atomic E-state index is -0.341. The Labute approximate surface area is 134 Å². The summed E-state index contributed by atoms with van der Waals surface area (Å²) in [6.07, 6.45) is -0.189. The van der Waals surface area contributed by atoms with Crippen LogP contribution in [0, 0.1) is 0 Å². The van der Waals surface area contributed by atoms with Gasteiger partial charge in [0.25, 0.3) is 0 Å². The van der Waals surface area contributed by atoms with Gasteiger partial charge in [-0.25, -0.2) is 0 Å². The second-order valence-corrected chi connectivity index (χ2v) is 5.40. The number of amides is 2. The zero-order chi connectivity index (χ0) is 15.9. The van der Waals surface area contributed by atoms with Gasteiger partial charge in [0.1, 0.15) is 6.42 Å². The van der Waals surface area contributed by atoms with Crippen molar-refractivity contribution in [3.8, 4) is 0 Å². The van der Waals surface area contributed by atoms with Gasteiger partial charge in [-0.1, -0.05) is 41.9 Å². The summed E-state index contributed by atoms with van der Waals surface area (Å²) in [5.74, 6) is -0.567. The minimum absolute atomic E-state index is 0.189. The molecule has 0 bridgehead atoms. The molecule has 4 nitrogen and oxygen atoms in total. The number of benzene rings is 2. The first kappa shape index (κ1) is 16.0. The van der Waals surface area contributed by atoms with Gasteiger partial charge in [-0.15, -0.1) is 0 Å². The van der Waals surface area contributed by atoms with Crippen molar-refractivity contribution in [3.63, 3.8) is 0 Å². The number of carbonyl (C=O) groups is 2. The minimum Gasteiger partial charge on any atom is -0.341 e. The Hall–Kier alpha value is -2.33. The van der Waals surface area contributed by atoms with Crippen molar-refractivity contribution in [1.82, 2.24) is 4.90 Å². The Morgan fingerprint density at radius 2 is 1.68 bits per heavy atom. The largest absolute Gasteiger partial charge is 0.341 e. The standard InChI is InChI=1S/C17H17ClN2O2/c1-20(12-13-5-3-2-4-6-13)17(22)11-16(21)19-15-9-7-14(18)8-10-15/h2-10H,11-12H2,1H3,(H,19,21). The Balaban J connectivity index is 1.85. The van der Waals surface area contributed by atoms with Crippen molar-refractivity contribution in [1.29, 1.82) is 0 Å². The highest BCUT2D eigenvalue weighted by atomic mass is 35.5. The normalized spacial score (nSPS) is 10.1. The number of halogens is 1. The molecule has 0 spiro atoms. The fraction of sp³-hybridized carbons (Fsp3) is 0.176. The van der Waals surface area contributed by atoms with E-state index in [9.17, 15) is 9.59 Å². The molecule has 5 heteroatoms. The van der Waals surface area contributed by atoms with E-state index in [0.29, 0.717) is 17.3 Å². The SMILES string of the molecule is CN(Cc1ccccc1)C(=O)CC(=O)Nc1ccc(Cl)cc1. The molecule has 2 aromatic carbocycles. The van der Waals surface area contributed by atoms with Crippen LogP contribution in [0.3, 0.4) is 0 Å². The van der Waals surface area contributed by atoms with Gasteiger partial charge in [-0.3, -0.25) is 9.59 Å². The number of nitrogens with zero attached hydrogens (tertiary/aromatic N) is 1. The maximum absolute atomic E-state index is 12.0. The zero-order valence-electron chi connectivity index (χ0n) is 12.3. The molecular weight excluding hydrogens is 300 g/mol. The van der Waals surface area contributed by atoms with Gasteiger partial charge in [0.2, 0.25) is 11.8 Å². The van der Waals surface area contributed by atoms with Gasteiger partial charge in [0.05, 0.1) is 0 Å². The van der Waals surface area contributed by atoms with Crippen molar-refractivity contribution >= 4 is 29.1 Å². The van der Waals surface area contributed by atoms with Gasteiger partial charge in [-0.2, -0.15) is 0 Å². The van der Waals surface area contributed by atoms with Crippen LogP contribution in [0.4, 0.5) is 5.69 Å². The number of anilines is 1. The Morgan fingerprint density at radius 1 is 1.05 bits per heavy atom. The Kier molecular flexibility index (Phi) is 5.55. The van der Waals surface area contributed by atoms with E-state index in [-0.39, 0.29) is 18.2 Å². The van der Waals surface area contributed by atoms with Gasteiger partial charge in [0.15, 0.2) is 0 Å². The molecule has 2 rings (SSSR count). The summed E-state index contributed by atoms with van der Waals surface area (Å²) < 4.78 is 0. The second-order valence-electron chi connectivity index (χ2n) is 4.97. The van der Waals surface area contributed by atoms with E-state index >= 15 is 0 Å². The van der Waals surface area contributed by atoms with E-state index in [1.165, 1.54) is 4.90 Å². The lowest BCUT2D eigenvalue weighted by Gasteiger charge is -2.17. The Bertz CT molecular complexity index is 641. The summed E-state index contributed by atoms with van der Waals surface area (Å²) in [4.78, 5) is 25.5. The lowest BCUT2D eigenvalue weighted by atomic mass is 10.2. The monoisotopic (exact) mass is 316 g/mol. The Morgan fingerprint density at radius 3 is 2.32 bits per heavy atom. The van der Waals surface area contributed by atoms with E-state index in [4.69, 9.17) is 11.6 Å². The first-order valence-corrected chi connectivity index (χ1v) is 7.25. The molecule has 0 aliphatic carbocycles. The summed E-state index contributed by atoms with van der Waals surface area (Å²) >= 11 is 5.78. The van der Waals surface area contributed by atoms with Crippen LogP contribution in [-0.4, -0.2) is 23.8 Å². The average Bonchev–Trinajstić information content (AvgIpc) is 2.50. The fourth-order valence-corrected chi connectivity index (χ4v) is 2.08. The van der Waals surface area contributed by atoms with E-state index < -0.39 is 0 Å². The van der Waals surface area contributed by atoms with E-state index in [1.54, 1.807) is 31.3 Å². The van der Waals surface area contributed by atoms with Crippen molar-refractivity contribution in [2.75, 3.05) is 12.4 Å². The molecule has 1 N–H and O–H groups in total. The van der Waals surface area contributed by atoms with Gasteiger partial charge >= 0.3 is 0 Å². The van der Waals surface area contributed by atoms with Crippen molar-refractivity contribution in [2.45, 2.75) is 13.0 Å². The quantitative estimate of drug-likeness (QED) is 0.860. The van der Waals surface area contributed by atoms with E-state index in [2.05, 4.69) is 5.32 Å². The zero-order valence-corrected chi connectivity index (χ0v) is 13.0. The predicted octanol–water partition coefficient (Wildman–Crippen LogP) is 3.33. The molecule has 0 aliphatic heterocycles. The molecule has 2 aromatic rings. The van der Waals surface area contributed by atoms with Crippen molar-refractivity contribution in [3.05, 3.63) is 65.2 Å². The second kappa shape index (κ2) is 7.61. The molecule has 0 radical (unpaired) electrons. The molecule has 0 aliphatic rings. The molecule has 0 aromatic heterocycles. The number of carbonyl (C=O) groups excluding carboxylic acids is 2. The highest BCUT2D eigenvalue weighted by Crippen LogP contribution is 2.13. The molecule has 0 unspecified atom stereocenters. The summed E-state index contributed by atoms with van der Waals surface area (Å²) in [7, 11) is 1.69. The van der Waals surface area contributed by atoms with Gasteiger partial charge < -0.3 is 10.2 Å². The lowest BCUT2D eigenvalue weighted by Crippen LogP contribution is -2.30. The van der Waals surface area contributed by atoms with Crippen LogP contribution in [0.15, 0.2) is 54.6 Å².